The Labute approximate surface area is 198 Å². The van der Waals surface area contributed by atoms with Crippen molar-refractivity contribution < 1.29 is 9.50 Å². The van der Waals surface area contributed by atoms with Crippen LogP contribution in [0.15, 0.2) is 67.1 Å². The Kier molecular flexibility index (Phi) is 5.04. The summed E-state index contributed by atoms with van der Waals surface area (Å²) in [4.78, 5) is 9.09. The summed E-state index contributed by atoms with van der Waals surface area (Å²) in [6, 6.07) is 15.3. The molecule has 2 aromatic heterocycles. The van der Waals surface area contributed by atoms with Crippen molar-refractivity contribution in [3.05, 3.63) is 78.5 Å². The van der Waals surface area contributed by atoms with Crippen LogP contribution < -0.4 is 4.90 Å². The predicted octanol–water partition coefficient (Wildman–Crippen LogP) is 3.87. The van der Waals surface area contributed by atoms with E-state index in [0.29, 0.717) is 13.1 Å². The minimum Gasteiger partial charge on any atom is -0.391 e. The number of aliphatic hydroxyl groups excluding tert-OH is 1. The van der Waals surface area contributed by atoms with Crippen LogP contribution in [0.5, 0.6) is 0 Å². The van der Waals surface area contributed by atoms with Crippen LogP contribution in [0.25, 0.3) is 28.3 Å². The number of aliphatic hydroxyl groups is 1. The fraction of sp³-hybridized carbons (Fsp3) is 0.296. The molecule has 2 aliphatic rings. The Hall–Kier alpha value is -3.42. The lowest BCUT2D eigenvalue weighted by Gasteiger charge is -2.21. The first-order chi connectivity index (χ1) is 16.5. The van der Waals surface area contributed by atoms with Crippen molar-refractivity contribution in [1.82, 2.24) is 19.0 Å². The van der Waals surface area contributed by atoms with Crippen molar-refractivity contribution in [1.29, 1.82) is 0 Å². The summed E-state index contributed by atoms with van der Waals surface area (Å²) in [5.74, 6) is 0.896. The number of halogens is 1. The van der Waals surface area contributed by atoms with Gasteiger partial charge in [0.2, 0.25) is 0 Å². The Bertz CT molecular complexity index is 1340. The maximum Gasteiger partial charge on any atom is 0.161 e. The van der Waals surface area contributed by atoms with Crippen molar-refractivity contribution >= 4 is 5.69 Å². The van der Waals surface area contributed by atoms with E-state index in [1.54, 1.807) is 0 Å². The van der Waals surface area contributed by atoms with Gasteiger partial charge in [0.1, 0.15) is 5.82 Å². The molecular weight excluding hydrogens is 429 g/mol. The maximum absolute atomic E-state index is 13.4. The number of β-amino-alcohol motifs (C(OH)–C–C–N with tert-alkyl or cyclic N) is 1. The van der Waals surface area contributed by atoms with Gasteiger partial charge in [0.25, 0.3) is 0 Å². The van der Waals surface area contributed by atoms with Gasteiger partial charge in [0, 0.05) is 61.9 Å². The molecule has 4 aromatic rings. The molecule has 1 fully saturated rings. The monoisotopic (exact) mass is 457 g/mol. The van der Waals surface area contributed by atoms with E-state index in [2.05, 4.69) is 68.5 Å². The Balaban J connectivity index is 1.37. The Morgan fingerprint density at radius 1 is 1.06 bits per heavy atom. The lowest BCUT2D eigenvalue weighted by Crippen LogP contribution is -2.29. The molecule has 1 saturated heterocycles. The first-order valence-electron chi connectivity index (χ1n) is 11.7. The Morgan fingerprint density at radius 3 is 2.68 bits per heavy atom. The quantitative estimate of drug-likeness (QED) is 0.445. The van der Waals surface area contributed by atoms with E-state index in [-0.39, 0.29) is 17.8 Å². The number of hydrogen-bond donors (Lipinski definition) is 1. The largest absolute Gasteiger partial charge is 0.391 e. The average Bonchev–Trinajstić information content (AvgIpc) is 3.52. The molecule has 4 heterocycles. The van der Waals surface area contributed by atoms with E-state index in [4.69, 9.17) is 0 Å². The molecule has 2 aliphatic heterocycles. The molecule has 0 spiro atoms. The minimum absolute atomic E-state index is 0.235. The van der Waals surface area contributed by atoms with Crippen LogP contribution in [0.2, 0.25) is 0 Å². The van der Waals surface area contributed by atoms with Crippen molar-refractivity contribution in [2.24, 2.45) is 5.92 Å². The lowest BCUT2D eigenvalue weighted by atomic mass is 10.1. The second-order valence-electron chi connectivity index (χ2n) is 9.68. The van der Waals surface area contributed by atoms with Crippen molar-refractivity contribution in [3.8, 4) is 28.3 Å². The van der Waals surface area contributed by atoms with E-state index < -0.39 is 0 Å². The van der Waals surface area contributed by atoms with Crippen LogP contribution in [-0.2, 0) is 6.54 Å². The minimum atomic E-state index is -0.323. The van der Waals surface area contributed by atoms with Crippen LogP contribution in [0.1, 0.15) is 5.56 Å². The van der Waals surface area contributed by atoms with Crippen LogP contribution in [0.3, 0.4) is 0 Å². The number of benzene rings is 2. The Morgan fingerprint density at radius 2 is 1.88 bits per heavy atom. The predicted molar refractivity (Wildman–Crippen MR) is 132 cm³/mol. The number of rotatable bonds is 4. The number of anilines is 1. The number of aromatic nitrogens is 3. The number of nitrogens with zero attached hydrogens (tertiary/aromatic N) is 5. The molecule has 2 aromatic carbocycles. The van der Waals surface area contributed by atoms with E-state index in [9.17, 15) is 9.50 Å². The molecule has 7 heteroatoms. The van der Waals surface area contributed by atoms with Gasteiger partial charge in [-0.1, -0.05) is 12.1 Å². The van der Waals surface area contributed by atoms with Crippen LogP contribution in [0, 0.1) is 11.7 Å². The standard InChI is InChI=1S/C27H28FN5O/c1-30(2)13-21-16-31(17-26(21)34)23-7-8-24-20(11-23)15-32-14-19(18-3-5-22(28)6-4-18)12-25(32)27-29-9-10-33(24)27/h3-12,14,21,26,34H,13,15-17H2,1-2H3/t21-,26-/m1/s1. The molecule has 6 nitrogen and oxygen atoms in total. The molecule has 0 saturated carbocycles. The molecule has 0 bridgehead atoms. The first kappa shape index (κ1) is 21.1. The molecule has 0 aliphatic carbocycles. The van der Waals surface area contributed by atoms with E-state index in [1.165, 1.54) is 17.7 Å². The van der Waals surface area contributed by atoms with Crippen LogP contribution >= 0.6 is 0 Å². The smallest absolute Gasteiger partial charge is 0.161 e. The van der Waals surface area contributed by atoms with Gasteiger partial charge in [0.15, 0.2) is 5.82 Å². The highest BCUT2D eigenvalue weighted by molar-refractivity contribution is 5.72. The molecule has 6 rings (SSSR count). The van der Waals surface area contributed by atoms with Crippen molar-refractivity contribution in [3.63, 3.8) is 0 Å². The molecule has 0 amide bonds. The fourth-order valence-corrected chi connectivity index (χ4v) is 5.34. The normalized spacial score (nSPS) is 19.1. The van der Waals surface area contributed by atoms with Gasteiger partial charge in [-0.05, 0) is 61.6 Å². The van der Waals surface area contributed by atoms with Gasteiger partial charge in [-0.3, -0.25) is 4.57 Å². The summed E-state index contributed by atoms with van der Waals surface area (Å²) in [7, 11) is 4.10. The second kappa shape index (κ2) is 8.11. The van der Waals surface area contributed by atoms with Crippen LogP contribution in [0.4, 0.5) is 10.1 Å². The number of hydrogen-bond acceptors (Lipinski definition) is 4. The average molecular weight is 458 g/mol. The van der Waals surface area contributed by atoms with Gasteiger partial charge in [-0.25, -0.2) is 9.37 Å². The molecule has 0 radical (unpaired) electrons. The summed E-state index contributed by atoms with van der Waals surface area (Å²) < 4.78 is 17.8. The summed E-state index contributed by atoms with van der Waals surface area (Å²) in [5.41, 5.74) is 6.50. The zero-order chi connectivity index (χ0) is 23.4. The zero-order valence-electron chi connectivity index (χ0n) is 19.4. The van der Waals surface area contributed by atoms with E-state index in [1.807, 2.05) is 24.5 Å². The molecule has 34 heavy (non-hydrogen) atoms. The highest BCUT2D eigenvalue weighted by Gasteiger charge is 2.32. The highest BCUT2D eigenvalue weighted by Crippen LogP contribution is 2.36. The SMILES string of the molecule is CN(C)C[C@@H]1CN(c2ccc3c(c2)Cn2cc(-c4ccc(F)cc4)cc2-c2nccn2-3)C[C@H]1O. The fourth-order valence-electron chi connectivity index (χ4n) is 5.34. The third-order valence-electron chi connectivity index (χ3n) is 6.98. The van der Waals surface area contributed by atoms with Crippen molar-refractivity contribution in [2.45, 2.75) is 12.6 Å². The summed E-state index contributed by atoms with van der Waals surface area (Å²) >= 11 is 0. The second-order valence-corrected chi connectivity index (χ2v) is 9.68. The third kappa shape index (κ3) is 3.61. The van der Waals surface area contributed by atoms with E-state index in [0.717, 1.165) is 47.1 Å². The number of imidazole rings is 1. The topological polar surface area (TPSA) is 49.5 Å². The lowest BCUT2D eigenvalue weighted by molar-refractivity contribution is 0.130. The molecule has 174 valence electrons. The molecule has 2 atom stereocenters. The summed E-state index contributed by atoms with van der Waals surface area (Å²) in [6.45, 7) is 3.08. The highest BCUT2D eigenvalue weighted by atomic mass is 19.1. The van der Waals surface area contributed by atoms with Gasteiger partial charge in [-0.15, -0.1) is 0 Å². The first-order valence-corrected chi connectivity index (χ1v) is 11.7. The molecular formula is C27H28FN5O. The van der Waals surface area contributed by atoms with Crippen LogP contribution in [-0.4, -0.2) is 64.0 Å². The maximum atomic E-state index is 13.4. The third-order valence-corrected chi connectivity index (χ3v) is 6.98. The van der Waals surface area contributed by atoms with Gasteiger partial charge in [0.05, 0.1) is 17.5 Å². The van der Waals surface area contributed by atoms with Gasteiger partial charge >= 0.3 is 0 Å². The van der Waals surface area contributed by atoms with Gasteiger partial charge < -0.3 is 19.5 Å². The summed E-state index contributed by atoms with van der Waals surface area (Å²) in [5, 5.41) is 10.6. The zero-order valence-corrected chi connectivity index (χ0v) is 19.4. The van der Waals surface area contributed by atoms with E-state index >= 15 is 0 Å². The van der Waals surface area contributed by atoms with Crippen molar-refractivity contribution in [2.75, 3.05) is 38.6 Å². The molecule has 1 N–H and O–H groups in total. The number of fused-ring (bicyclic) bond motifs is 5. The van der Waals surface area contributed by atoms with Gasteiger partial charge in [-0.2, -0.15) is 0 Å². The molecule has 0 unspecified atom stereocenters. The summed E-state index contributed by atoms with van der Waals surface area (Å²) in [6.07, 6.45) is 5.63.